The average molecular weight is 306 g/mol. The molecule has 0 heterocycles. The number of rotatable bonds is 15. The fraction of sp³-hybridized carbons (Fsp3) is 1.00. The molecule has 0 fully saturated rings. The van der Waals surface area contributed by atoms with Gasteiger partial charge in [0.1, 0.15) is 0 Å². The number of hydrogen-bond acceptors (Lipinski definition) is 4. The fourth-order valence-electron chi connectivity index (χ4n) is 1.78. The van der Waals surface area contributed by atoms with Crippen LogP contribution in [-0.2, 0) is 13.3 Å². The van der Waals surface area contributed by atoms with E-state index in [2.05, 4.69) is 20.8 Å². The summed E-state index contributed by atoms with van der Waals surface area (Å²) in [6.45, 7) is 9.40. The summed E-state index contributed by atoms with van der Waals surface area (Å²) < 4.78 is 18.3. The van der Waals surface area contributed by atoms with E-state index < -0.39 is 8.80 Å². The highest BCUT2D eigenvalue weighted by molar-refractivity contribution is 6.60. The molecule has 0 aliphatic heterocycles. The van der Waals surface area contributed by atoms with Crippen molar-refractivity contribution in [3.8, 4) is 0 Å². The molecule has 0 bridgehead atoms. The summed E-state index contributed by atoms with van der Waals surface area (Å²) in [4.78, 5) is 0. The first kappa shape index (κ1) is 20.1. The summed E-state index contributed by atoms with van der Waals surface area (Å²) in [7, 11) is -2.51. The molecule has 0 rings (SSSR count). The van der Waals surface area contributed by atoms with Crippen molar-refractivity contribution < 1.29 is 13.3 Å². The maximum Gasteiger partial charge on any atom is 0.501 e. The van der Waals surface area contributed by atoms with Gasteiger partial charge >= 0.3 is 8.80 Å². The van der Waals surface area contributed by atoms with Gasteiger partial charge in [-0.2, -0.15) is 0 Å². The Kier molecular flexibility index (Phi) is 14.1. The van der Waals surface area contributed by atoms with Crippen molar-refractivity contribution in [3.63, 3.8) is 0 Å². The third-order valence-corrected chi connectivity index (χ3v) is 6.04. The van der Waals surface area contributed by atoms with Gasteiger partial charge in [0.05, 0.1) is 0 Å². The second kappa shape index (κ2) is 14.0. The van der Waals surface area contributed by atoms with E-state index in [0.29, 0.717) is 6.54 Å². The van der Waals surface area contributed by atoms with E-state index in [9.17, 15) is 0 Å². The van der Waals surface area contributed by atoms with Crippen LogP contribution < -0.4 is 5.73 Å². The molecule has 0 amide bonds. The van der Waals surface area contributed by atoms with E-state index in [4.69, 9.17) is 19.0 Å². The molecule has 0 spiro atoms. The van der Waals surface area contributed by atoms with Crippen LogP contribution in [0.15, 0.2) is 0 Å². The van der Waals surface area contributed by atoms with Crippen LogP contribution in [0.4, 0.5) is 0 Å². The quantitative estimate of drug-likeness (QED) is 0.370. The molecule has 0 atom stereocenters. The normalized spacial score (nSPS) is 12.0. The largest absolute Gasteiger partial charge is 0.501 e. The van der Waals surface area contributed by atoms with Crippen molar-refractivity contribution in [2.45, 2.75) is 71.8 Å². The molecule has 0 unspecified atom stereocenters. The number of nitrogens with two attached hydrogens (primary N) is 1. The zero-order valence-electron chi connectivity index (χ0n) is 13.8. The van der Waals surface area contributed by atoms with Crippen molar-refractivity contribution in [3.05, 3.63) is 0 Å². The SMILES string of the molecule is CCCCO[Si](CCCN)(OCCCC)OCCCC. The lowest BCUT2D eigenvalue weighted by atomic mass is 10.4. The Morgan fingerprint density at radius 3 is 1.40 bits per heavy atom. The zero-order valence-corrected chi connectivity index (χ0v) is 14.8. The minimum Gasteiger partial charge on any atom is -0.373 e. The van der Waals surface area contributed by atoms with Gasteiger partial charge in [0.25, 0.3) is 0 Å². The van der Waals surface area contributed by atoms with Gasteiger partial charge in [0.15, 0.2) is 0 Å². The molecule has 0 aromatic heterocycles. The first-order valence-electron chi connectivity index (χ1n) is 8.36. The van der Waals surface area contributed by atoms with Crippen LogP contribution >= 0.6 is 0 Å². The van der Waals surface area contributed by atoms with Crippen molar-refractivity contribution in [1.82, 2.24) is 0 Å². The monoisotopic (exact) mass is 305 g/mol. The van der Waals surface area contributed by atoms with Gasteiger partial charge in [-0.1, -0.05) is 40.0 Å². The molecule has 0 radical (unpaired) electrons. The summed E-state index contributed by atoms with van der Waals surface area (Å²) in [6, 6.07) is 0.848. The van der Waals surface area contributed by atoms with Crippen molar-refractivity contribution >= 4 is 8.80 Å². The molecule has 20 heavy (non-hydrogen) atoms. The van der Waals surface area contributed by atoms with E-state index >= 15 is 0 Å². The molecule has 0 aliphatic carbocycles. The van der Waals surface area contributed by atoms with Crippen molar-refractivity contribution in [2.24, 2.45) is 5.73 Å². The standard InChI is InChI=1S/C15H35NO3Si/c1-4-7-12-17-20(15-10-11-16,18-13-8-5-2)19-14-9-6-3/h4-16H2,1-3H3. The highest BCUT2D eigenvalue weighted by Crippen LogP contribution is 2.19. The molecule has 0 saturated heterocycles. The van der Waals surface area contributed by atoms with Gasteiger partial charge in [-0.25, -0.2) is 0 Å². The van der Waals surface area contributed by atoms with Gasteiger partial charge in [-0.15, -0.1) is 0 Å². The summed E-state index contributed by atoms with van der Waals surface area (Å²) >= 11 is 0. The van der Waals surface area contributed by atoms with Gasteiger partial charge in [-0.05, 0) is 32.2 Å². The van der Waals surface area contributed by atoms with Gasteiger partial charge in [0.2, 0.25) is 0 Å². The smallest absolute Gasteiger partial charge is 0.373 e. The number of unbranched alkanes of at least 4 members (excludes halogenated alkanes) is 3. The van der Waals surface area contributed by atoms with Crippen molar-refractivity contribution in [1.29, 1.82) is 0 Å². The molecule has 0 aromatic carbocycles. The first-order chi connectivity index (χ1) is 9.74. The summed E-state index contributed by atoms with van der Waals surface area (Å²) in [5, 5.41) is 0. The predicted molar refractivity (Wildman–Crippen MR) is 86.8 cm³/mol. The van der Waals surface area contributed by atoms with E-state index in [1.54, 1.807) is 0 Å². The van der Waals surface area contributed by atoms with E-state index in [-0.39, 0.29) is 0 Å². The van der Waals surface area contributed by atoms with Crippen LogP contribution in [0.5, 0.6) is 0 Å². The lowest BCUT2D eigenvalue weighted by Gasteiger charge is -2.30. The molecular weight excluding hydrogens is 270 g/mol. The Hall–Kier alpha value is 0.0569. The molecule has 2 N–H and O–H groups in total. The van der Waals surface area contributed by atoms with E-state index in [0.717, 1.165) is 70.8 Å². The maximum atomic E-state index is 6.10. The molecule has 0 aliphatic rings. The second-order valence-electron chi connectivity index (χ2n) is 5.18. The molecule has 0 aromatic rings. The summed E-state index contributed by atoms with van der Waals surface area (Å²) in [5.74, 6) is 0. The lowest BCUT2D eigenvalue weighted by Crippen LogP contribution is -2.47. The van der Waals surface area contributed by atoms with Crippen LogP contribution in [0.3, 0.4) is 0 Å². The summed E-state index contributed by atoms with van der Waals surface area (Å²) in [6.07, 6.45) is 7.49. The van der Waals surface area contributed by atoms with Crippen LogP contribution in [-0.4, -0.2) is 35.2 Å². The third-order valence-electron chi connectivity index (χ3n) is 3.15. The van der Waals surface area contributed by atoms with Gasteiger partial charge in [-0.3, -0.25) is 0 Å². The molecule has 0 saturated carbocycles. The Bertz CT molecular complexity index is 179. The second-order valence-corrected chi connectivity index (χ2v) is 7.91. The van der Waals surface area contributed by atoms with Crippen LogP contribution in [0.2, 0.25) is 6.04 Å². The van der Waals surface area contributed by atoms with E-state index in [1.807, 2.05) is 0 Å². The average Bonchev–Trinajstić information content (AvgIpc) is 2.46. The van der Waals surface area contributed by atoms with E-state index in [1.165, 1.54) is 0 Å². The van der Waals surface area contributed by atoms with Gasteiger partial charge < -0.3 is 19.0 Å². The number of hydrogen-bond donors (Lipinski definition) is 1. The minimum atomic E-state index is -2.51. The molecule has 5 heteroatoms. The Morgan fingerprint density at radius 2 is 1.10 bits per heavy atom. The molecule has 122 valence electrons. The Morgan fingerprint density at radius 1 is 0.700 bits per heavy atom. The molecule has 4 nitrogen and oxygen atoms in total. The Balaban J connectivity index is 4.48. The summed E-state index contributed by atoms with van der Waals surface area (Å²) in [5.41, 5.74) is 5.66. The van der Waals surface area contributed by atoms with Crippen LogP contribution in [0, 0.1) is 0 Å². The minimum absolute atomic E-state index is 0.667. The lowest BCUT2D eigenvalue weighted by molar-refractivity contribution is 0.0560. The first-order valence-corrected chi connectivity index (χ1v) is 10.3. The topological polar surface area (TPSA) is 53.7 Å². The Labute approximate surface area is 126 Å². The highest BCUT2D eigenvalue weighted by atomic mass is 28.4. The zero-order chi connectivity index (χ0) is 15.1. The van der Waals surface area contributed by atoms with Crippen LogP contribution in [0.25, 0.3) is 0 Å². The highest BCUT2D eigenvalue weighted by Gasteiger charge is 2.40. The van der Waals surface area contributed by atoms with Crippen LogP contribution in [0.1, 0.15) is 65.7 Å². The van der Waals surface area contributed by atoms with Gasteiger partial charge in [0, 0.05) is 25.9 Å². The third kappa shape index (κ3) is 9.88. The molecular formula is C15H35NO3Si. The van der Waals surface area contributed by atoms with Crippen molar-refractivity contribution in [2.75, 3.05) is 26.4 Å². The predicted octanol–water partition coefficient (Wildman–Crippen LogP) is 3.72. The maximum absolute atomic E-state index is 6.10. The fourth-order valence-corrected chi connectivity index (χ4v) is 4.46.